The molecule has 0 bridgehead atoms. The Morgan fingerprint density at radius 1 is 0.339 bits per heavy atom. The number of anilines is 3. The highest BCUT2D eigenvalue weighted by Crippen LogP contribution is 2.46. The molecule has 0 saturated carbocycles. The molecule has 1 heterocycles. The van der Waals surface area contributed by atoms with E-state index in [4.69, 9.17) is 0 Å². The highest BCUT2D eigenvalue weighted by atomic mass is 19.2. The normalized spacial score (nSPS) is 13.1. The lowest BCUT2D eigenvalue weighted by Crippen LogP contribution is -2.30. The van der Waals surface area contributed by atoms with E-state index in [1.807, 2.05) is 0 Å². The van der Waals surface area contributed by atoms with Gasteiger partial charge in [-0.05, 0) is 6.42 Å². The average Bonchev–Trinajstić information content (AvgIpc) is 3.71. The molecule has 2 N–H and O–H groups in total. The number of rotatable bonds is 19. The second-order valence-electron chi connectivity index (χ2n) is 13.3. The number of nitrogens with one attached hydrogen (secondary N) is 2. The number of halogens is 15. The minimum Gasteiger partial charge on any atom is -0.301 e. The number of hydrogen-bond donors (Lipinski definition) is 2. The highest BCUT2D eigenvalue weighted by molar-refractivity contribution is 5.79. The second kappa shape index (κ2) is 22.3. The predicted molar refractivity (Wildman–Crippen MR) is 180 cm³/mol. The minimum absolute atomic E-state index is 0.613. The molecule has 0 spiro atoms. The highest BCUT2D eigenvalue weighted by Gasteiger charge is 2.41. The van der Waals surface area contributed by atoms with Gasteiger partial charge in [0, 0.05) is 13.1 Å². The van der Waals surface area contributed by atoms with Gasteiger partial charge in [0.15, 0.2) is 69.8 Å². The molecule has 0 atom stereocenters. The Kier molecular flexibility index (Phi) is 18.6. The summed E-state index contributed by atoms with van der Waals surface area (Å²) in [6.45, 7) is 4.61. The first kappa shape index (κ1) is 46.7. The largest absolute Gasteiger partial charge is 0.301 e. The smallest absolute Gasteiger partial charge is 0.200 e. The lowest BCUT2D eigenvalue weighted by molar-refractivity contribution is 0.369. The van der Waals surface area contributed by atoms with Crippen LogP contribution < -0.4 is 15.5 Å². The SMILES string of the molecule is CCCCCCCCCCCCCCCCCC1NCCN1.Fc1c(F)c(F)c(N(c2c(F)c(F)c(F)c(F)c2F)c2c(F)c(F)c(F)c(F)c2F)c(F)c1F. The van der Waals surface area contributed by atoms with Gasteiger partial charge < -0.3 is 10.6 Å². The first-order chi connectivity index (χ1) is 26.6. The summed E-state index contributed by atoms with van der Waals surface area (Å²) in [6.07, 6.45) is 23.7. The average molecular weight is 826 g/mol. The monoisotopic (exact) mass is 825 g/mol. The van der Waals surface area contributed by atoms with E-state index >= 15 is 0 Å². The quantitative estimate of drug-likeness (QED) is 0.0546. The predicted octanol–water partition coefficient (Wildman–Crippen LogP) is 13.0. The molecule has 0 radical (unpaired) electrons. The van der Waals surface area contributed by atoms with Crippen molar-refractivity contribution in [1.29, 1.82) is 0 Å². The van der Waals surface area contributed by atoms with Gasteiger partial charge in [-0.2, -0.15) is 0 Å². The maximum Gasteiger partial charge on any atom is 0.200 e. The molecule has 18 heteroatoms. The van der Waals surface area contributed by atoms with Crippen LogP contribution in [0.3, 0.4) is 0 Å². The molecule has 3 aromatic carbocycles. The topological polar surface area (TPSA) is 27.3 Å². The fraction of sp³-hybridized carbons (Fsp3) is 0.526. The van der Waals surface area contributed by atoms with Gasteiger partial charge in [-0.15, -0.1) is 0 Å². The van der Waals surface area contributed by atoms with E-state index in [1.54, 1.807) is 0 Å². The zero-order chi connectivity index (χ0) is 41.7. The number of nitrogens with zero attached hydrogens (tertiary/aromatic N) is 1. The lowest BCUT2D eigenvalue weighted by atomic mass is 10.0. The van der Waals surface area contributed by atoms with Crippen LogP contribution in [0, 0.1) is 87.3 Å². The first-order valence-corrected chi connectivity index (χ1v) is 18.4. The molecular weight excluding hydrogens is 783 g/mol. The van der Waals surface area contributed by atoms with E-state index in [0.29, 0.717) is 6.17 Å². The van der Waals surface area contributed by atoms with E-state index in [-0.39, 0.29) is 0 Å². The van der Waals surface area contributed by atoms with E-state index < -0.39 is 109 Å². The van der Waals surface area contributed by atoms with Crippen LogP contribution in [0.5, 0.6) is 0 Å². The first-order valence-electron chi connectivity index (χ1n) is 18.4. The summed E-state index contributed by atoms with van der Waals surface area (Å²) >= 11 is 0. The van der Waals surface area contributed by atoms with E-state index in [1.165, 1.54) is 103 Å². The van der Waals surface area contributed by atoms with Crippen molar-refractivity contribution in [3.8, 4) is 0 Å². The van der Waals surface area contributed by atoms with Crippen LogP contribution in [0.4, 0.5) is 82.9 Å². The van der Waals surface area contributed by atoms with Crippen LogP contribution in [0.15, 0.2) is 0 Å². The van der Waals surface area contributed by atoms with Gasteiger partial charge in [0.1, 0.15) is 17.1 Å². The molecule has 314 valence electrons. The van der Waals surface area contributed by atoms with Crippen LogP contribution in [-0.2, 0) is 0 Å². The molecule has 1 fully saturated rings. The zero-order valence-corrected chi connectivity index (χ0v) is 30.4. The standard InChI is InChI=1S/C20H42N2.C18F15N/c1-2-3-4-5-6-7-8-9-10-11-12-13-14-15-16-17-20-21-18-19-22-20;19-1-4(22)10(28)16(11(29)5(1)23)34(17-12(30)6(24)2(20)7(25)13(17)31)18-14(32)8(26)3(21)9(27)15(18)33/h20-22H,2-19H2,1H3;. The van der Waals surface area contributed by atoms with Crippen molar-refractivity contribution in [1.82, 2.24) is 10.6 Å². The summed E-state index contributed by atoms with van der Waals surface area (Å²) in [7, 11) is 0. The maximum atomic E-state index is 14.3. The molecule has 3 nitrogen and oxygen atoms in total. The van der Waals surface area contributed by atoms with Gasteiger partial charge in [-0.25, -0.2) is 65.9 Å². The summed E-state index contributed by atoms with van der Waals surface area (Å²) < 4.78 is 208. The molecule has 3 aromatic rings. The van der Waals surface area contributed by atoms with Crippen LogP contribution >= 0.6 is 0 Å². The molecular formula is C38H42F15N3. The van der Waals surface area contributed by atoms with Gasteiger partial charge in [0.2, 0.25) is 17.5 Å². The van der Waals surface area contributed by atoms with Gasteiger partial charge in [0.25, 0.3) is 0 Å². The van der Waals surface area contributed by atoms with Gasteiger partial charge >= 0.3 is 0 Å². The molecule has 4 rings (SSSR count). The van der Waals surface area contributed by atoms with Crippen LogP contribution in [0.1, 0.15) is 110 Å². The number of hydrogen-bond acceptors (Lipinski definition) is 3. The van der Waals surface area contributed by atoms with Gasteiger partial charge in [-0.1, -0.05) is 103 Å². The Labute approximate surface area is 314 Å². The molecule has 1 saturated heterocycles. The zero-order valence-electron chi connectivity index (χ0n) is 30.4. The molecule has 0 unspecified atom stereocenters. The van der Waals surface area contributed by atoms with Gasteiger partial charge in [-0.3, -0.25) is 4.90 Å². The lowest BCUT2D eigenvalue weighted by Gasteiger charge is -2.28. The Hall–Kier alpha value is -3.67. The third-order valence-corrected chi connectivity index (χ3v) is 9.23. The third kappa shape index (κ3) is 11.3. The summed E-state index contributed by atoms with van der Waals surface area (Å²) in [6, 6.07) is 0. The summed E-state index contributed by atoms with van der Waals surface area (Å²) in [5.74, 6) is -46.0. The summed E-state index contributed by atoms with van der Waals surface area (Å²) in [5, 5.41) is 6.99. The number of benzene rings is 3. The molecule has 56 heavy (non-hydrogen) atoms. The molecule has 0 aromatic heterocycles. The van der Waals surface area contributed by atoms with E-state index in [2.05, 4.69) is 17.6 Å². The van der Waals surface area contributed by atoms with E-state index in [0.717, 1.165) is 13.1 Å². The number of unbranched alkanes of at least 4 members (excludes halogenated alkanes) is 14. The van der Waals surface area contributed by atoms with Crippen LogP contribution in [0.2, 0.25) is 0 Å². The van der Waals surface area contributed by atoms with Crippen molar-refractivity contribution >= 4 is 17.1 Å². The summed E-state index contributed by atoms with van der Waals surface area (Å²) in [4.78, 5) is -1.55. The Morgan fingerprint density at radius 3 is 0.804 bits per heavy atom. The fourth-order valence-corrected chi connectivity index (χ4v) is 6.19. The van der Waals surface area contributed by atoms with Crippen molar-refractivity contribution in [3.63, 3.8) is 0 Å². The van der Waals surface area contributed by atoms with E-state index in [9.17, 15) is 65.9 Å². The molecule has 0 aliphatic carbocycles. The van der Waals surface area contributed by atoms with Crippen molar-refractivity contribution in [2.45, 2.75) is 116 Å². The van der Waals surface area contributed by atoms with Crippen LogP contribution in [0.25, 0.3) is 0 Å². The Bertz CT molecular complexity index is 1510. The Morgan fingerprint density at radius 2 is 0.554 bits per heavy atom. The molecule has 1 aliphatic rings. The van der Waals surface area contributed by atoms with Crippen molar-refractivity contribution < 1.29 is 65.9 Å². The van der Waals surface area contributed by atoms with Gasteiger partial charge in [0.05, 0.1) is 6.17 Å². The molecule has 0 amide bonds. The Balaban J connectivity index is 0.000000331. The van der Waals surface area contributed by atoms with Crippen LogP contribution in [-0.4, -0.2) is 19.3 Å². The molecule has 1 aliphatic heterocycles. The van der Waals surface area contributed by atoms with Crippen molar-refractivity contribution in [2.24, 2.45) is 0 Å². The van der Waals surface area contributed by atoms with Crippen molar-refractivity contribution in [2.75, 3.05) is 18.0 Å². The minimum atomic E-state index is -3.12. The van der Waals surface area contributed by atoms with Crippen molar-refractivity contribution in [3.05, 3.63) is 87.3 Å². The fourth-order valence-electron chi connectivity index (χ4n) is 6.19. The summed E-state index contributed by atoms with van der Waals surface area (Å²) in [5.41, 5.74) is -8.53. The third-order valence-electron chi connectivity index (χ3n) is 9.23. The second-order valence-corrected chi connectivity index (χ2v) is 13.3. The maximum absolute atomic E-state index is 14.3.